The molecule has 0 aliphatic heterocycles. The number of carbonyl (C=O) groups excluding carboxylic acids is 1. The molecule has 3 saturated carbocycles. The van der Waals surface area contributed by atoms with Crippen LogP contribution in [0.5, 0.6) is 0 Å². The smallest absolute Gasteiger partial charge is 0.139 e. The van der Waals surface area contributed by atoms with Gasteiger partial charge in [-0.05, 0) is 81.0 Å². The third-order valence-corrected chi connectivity index (χ3v) is 8.74. The summed E-state index contributed by atoms with van der Waals surface area (Å²) in [4.78, 5) is 12.6. The lowest BCUT2D eigenvalue weighted by Crippen LogP contribution is -2.49. The summed E-state index contributed by atoms with van der Waals surface area (Å²) in [5.41, 5.74) is 1.10. The molecule has 25 heavy (non-hydrogen) atoms. The number of rotatable bonds is 2. The van der Waals surface area contributed by atoms with Gasteiger partial charge in [0, 0.05) is 11.8 Å². The normalized spacial score (nSPS) is 49.5. The lowest BCUT2D eigenvalue weighted by atomic mass is 9.50. The van der Waals surface area contributed by atoms with E-state index >= 15 is 0 Å². The molecule has 6 atom stereocenters. The van der Waals surface area contributed by atoms with Crippen molar-refractivity contribution >= 4 is 5.78 Å². The number of hydrogen-bond donors (Lipinski definition) is 1. The van der Waals surface area contributed by atoms with Crippen molar-refractivity contribution in [1.29, 1.82) is 0 Å². The van der Waals surface area contributed by atoms with Crippen molar-refractivity contribution in [3.63, 3.8) is 0 Å². The Morgan fingerprint density at radius 3 is 2.68 bits per heavy atom. The zero-order valence-corrected chi connectivity index (χ0v) is 16.0. The van der Waals surface area contributed by atoms with Crippen LogP contribution in [-0.4, -0.2) is 16.5 Å². The molecular weight excluding hydrogens is 308 g/mol. The Morgan fingerprint density at radius 1 is 1.16 bits per heavy atom. The molecule has 4 rings (SSSR count). The van der Waals surface area contributed by atoms with Gasteiger partial charge in [0.25, 0.3) is 0 Å². The maximum Gasteiger partial charge on any atom is 0.139 e. The van der Waals surface area contributed by atoms with Gasteiger partial charge in [-0.2, -0.15) is 0 Å². The van der Waals surface area contributed by atoms with Gasteiger partial charge < -0.3 is 5.11 Å². The number of hydrogen-bond acceptors (Lipinski definition) is 2. The summed E-state index contributed by atoms with van der Waals surface area (Å²) in [6.07, 6.45) is 14.4. The third-order valence-electron chi connectivity index (χ3n) is 8.74. The molecule has 1 N–H and O–H groups in total. The Kier molecular flexibility index (Phi) is 4.07. The van der Waals surface area contributed by atoms with Crippen LogP contribution >= 0.6 is 0 Å². The third kappa shape index (κ3) is 2.51. The predicted molar refractivity (Wildman–Crippen MR) is 101 cm³/mol. The minimum Gasteiger partial charge on any atom is -0.389 e. The van der Waals surface area contributed by atoms with E-state index in [4.69, 9.17) is 0 Å². The molecule has 0 bridgehead atoms. The van der Waals surface area contributed by atoms with Crippen LogP contribution in [0.15, 0.2) is 24.3 Å². The molecule has 4 aliphatic carbocycles. The zero-order chi connectivity index (χ0) is 17.9. The zero-order valence-electron chi connectivity index (χ0n) is 16.0. The number of allylic oxidation sites excluding steroid dienone is 1. The average Bonchev–Trinajstić information content (AvgIpc) is 2.78. The van der Waals surface area contributed by atoms with Crippen molar-refractivity contribution in [3.8, 4) is 0 Å². The molecule has 0 aromatic rings. The first-order chi connectivity index (χ1) is 11.8. The minimum absolute atomic E-state index is 0.0414. The summed E-state index contributed by atoms with van der Waals surface area (Å²) in [5.74, 6) is 2.51. The first kappa shape index (κ1) is 17.5. The molecular formula is C23H34O2. The van der Waals surface area contributed by atoms with Crippen molar-refractivity contribution in [3.05, 3.63) is 24.3 Å². The molecule has 0 spiro atoms. The van der Waals surface area contributed by atoms with E-state index in [1.807, 2.05) is 6.08 Å². The summed E-state index contributed by atoms with van der Waals surface area (Å²) >= 11 is 0. The highest BCUT2D eigenvalue weighted by Gasteiger charge is 2.58. The summed E-state index contributed by atoms with van der Waals surface area (Å²) < 4.78 is 0. The number of carbonyl (C=O) groups is 1. The second-order valence-corrected chi connectivity index (χ2v) is 9.91. The summed E-state index contributed by atoms with van der Waals surface area (Å²) in [6.45, 7) is 8.57. The van der Waals surface area contributed by atoms with Gasteiger partial charge in [-0.25, -0.2) is 0 Å². The Balaban J connectivity index is 1.64. The van der Waals surface area contributed by atoms with Crippen molar-refractivity contribution in [2.75, 3.05) is 0 Å². The van der Waals surface area contributed by atoms with E-state index in [1.54, 1.807) is 0 Å². The lowest BCUT2D eigenvalue weighted by Gasteiger charge is -2.54. The highest BCUT2D eigenvalue weighted by Crippen LogP contribution is 2.64. The summed E-state index contributed by atoms with van der Waals surface area (Å²) in [5, 5.41) is 11.0. The molecule has 0 aromatic carbocycles. The molecule has 0 heterocycles. The van der Waals surface area contributed by atoms with E-state index in [-0.39, 0.29) is 10.8 Å². The average molecular weight is 343 g/mol. The molecule has 4 aliphatic rings. The van der Waals surface area contributed by atoms with E-state index in [0.29, 0.717) is 30.0 Å². The topological polar surface area (TPSA) is 37.3 Å². The van der Waals surface area contributed by atoms with Crippen LogP contribution in [0.3, 0.4) is 0 Å². The molecule has 0 radical (unpaired) electrons. The van der Waals surface area contributed by atoms with Crippen LogP contribution in [-0.2, 0) is 4.79 Å². The van der Waals surface area contributed by atoms with Gasteiger partial charge in [0.1, 0.15) is 5.78 Å². The van der Waals surface area contributed by atoms with Gasteiger partial charge in [0.05, 0.1) is 5.60 Å². The van der Waals surface area contributed by atoms with E-state index in [0.717, 1.165) is 44.9 Å². The molecule has 3 fully saturated rings. The molecule has 2 nitrogen and oxygen atoms in total. The molecule has 2 heteroatoms. The Labute approximate surface area is 152 Å². The standard InChI is InChI=1S/C23H34O2/c1-4-11-23(25)14-13-21(2)16(15-23)6-5-7-17-18-8-9-20(24)22(18,3)12-10-19(17)21/h4,6,17-19,25H,1,5,7-15H2,2-3H3. The van der Waals surface area contributed by atoms with Crippen LogP contribution in [0.25, 0.3) is 0 Å². The fourth-order valence-electron chi connectivity index (χ4n) is 7.17. The number of Topliss-reactive ketones (excluding diaryl/α,β-unsaturated/α-hetero) is 1. The first-order valence-electron chi connectivity index (χ1n) is 10.4. The van der Waals surface area contributed by atoms with Gasteiger partial charge in [-0.3, -0.25) is 4.79 Å². The highest BCUT2D eigenvalue weighted by atomic mass is 16.3. The van der Waals surface area contributed by atoms with Crippen molar-refractivity contribution in [2.24, 2.45) is 28.6 Å². The quantitative estimate of drug-likeness (QED) is 0.699. The van der Waals surface area contributed by atoms with Crippen molar-refractivity contribution in [2.45, 2.75) is 83.7 Å². The predicted octanol–water partition coefficient (Wildman–Crippen LogP) is 5.22. The van der Waals surface area contributed by atoms with Crippen LogP contribution in [0.4, 0.5) is 0 Å². The van der Waals surface area contributed by atoms with Gasteiger partial charge in [0.15, 0.2) is 0 Å². The van der Waals surface area contributed by atoms with Gasteiger partial charge in [0.2, 0.25) is 0 Å². The van der Waals surface area contributed by atoms with Gasteiger partial charge >= 0.3 is 0 Å². The van der Waals surface area contributed by atoms with Crippen LogP contribution in [0.1, 0.15) is 78.1 Å². The van der Waals surface area contributed by atoms with E-state index in [9.17, 15) is 9.90 Å². The number of ketones is 1. The molecule has 6 unspecified atom stereocenters. The van der Waals surface area contributed by atoms with Crippen LogP contribution < -0.4 is 0 Å². The van der Waals surface area contributed by atoms with Gasteiger partial charge in [-0.15, -0.1) is 6.58 Å². The SMILES string of the molecule is C=CCC1(O)CCC2(C)C(=CCCC3C4CCC(=O)C4(C)CCC32)C1. The maximum absolute atomic E-state index is 12.6. The lowest BCUT2D eigenvalue weighted by molar-refractivity contribution is -0.131. The monoisotopic (exact) mass is 342 g/mol. The maximum atomic E-state index is 12.6. The number of fused-ring (bicyclic) bond motifs is 5. The van der Waals surface area contributed by atoms with Gasteiger partial charge in [-0.1, -0.05) is 31.6 Å². The second kappa shape index (κ2) is 5.81. The van der Waals surface area contributed by atoms with E-state index in [2.05, 4.69) is 26.5 Å². The summed E-state index contributed by atoms with van der Waals surface area (Å²) in [7, 11) is 0. The van der Waals surface area contributed by atoms with E-state index in [1.165, 1.54) is 18.4 Å². The largest absolute Gasteiger partial charge is 0.389 e. The Bertz CT molecular complexity index is 620. The second-order valence-electron chi connectivity index (χ2n) is 9.91. The first-order valence-corrected chi connectivity index (χ1v) is 10.4. The fraction of sp³-hybridized carbons (Fsp3) is 0.783. The molecule has 0 aromatic heterocycles. The molecule has 0 saturated heterocycles. The Hall–Kier alpha value is -0.890. The fourth-order valence-corrected chi connectivity index (χ4v) is 7.17. The molecule has 138 valence electrons. The Morgan fingerprint density at radius 2 is 1.92 bits per heavy atom. The van der Waals surface area contributed by atoms with Crippen molar-refractivity contribution < 1.29 is 9.90 Å². The minimum atomic E-state index is -0.584. The molecule has 0 amide bonds. The summed E-state index contributed by atoms with van der Waals surface area (Å²) in [6, 6.07) is 0. The highest BCUT2D eigenvalue weighted by molar-refractivity contribution is 5.87. The van der Waals surface area contributed by atoms with E-state index < -0.39 is 5.60 Å². The number of aliphatic hydroxyl groups is 1. The van der Waals surface area contributed by atoms with Crippen LogP contribution in [0, 0.1) is 28.6 Å². The van der Waals surface area contributed by atoms with Crippen molar-refractivity contribution in [1.82, 2.24) is 0 Å². The van der Waals surface area contributed by atoms with Crippen LogP contribution in [0.2, 0.25) is 0 Å².